The molecule has 2 aromatic carbocycles. The van der Waals surface area contributed by atoms with Crippen molar-refractivity contribution in [3.63, 3.8) is 0 Å². The highest BCUT2D eigenvalue weighted by Gasteiger charge is 2.06. The Morgan fingerprint density at radius 2 is 1.86 bits per heavy atom. The molecule has 3 aromatic rings. The third-order valence-corrected chi connectivity index (χ3v) is 3.19. The molecule has 3 rings (SSSR count). The molecule has 0 atom stereocenters. The summed E-state index contributed by atoms with van der Waals surface area (Å²) < 4.78 is 18.7. The molecular weight excluding hydrogens is 307 g/mol. The average Bonchev–Trinajstić information content (AvgIpc) is 2.99. The fraction of sp³-hybridized carbons (Fsp3) is 0.133. The lowest BCUT2D eigenvalue weighted by Crippen LogP contribution is -2.11. The summed E-state index contributed by atoms with van der Waals surface area (Å²) in [5.74, 6) is 0.319. The van der Waals surface area contributed by atoms with Gasteiger partial charge in [0, 0.05) is 10.6 Å². The van der Waals surface area contributed by atoms with Crippen LogP contribution in [0.3, 0.4) is 0 Å². The van der Waals surface area contributed by atoms with E-state index in [2.05, 4.69) is 15.4 Å². The van der Waals surface area contributed by atoms with Crippen molar-refractivity contribution >= 4 is 11.6 Å². The van der Waals surface area contributed by atoms with Gasteiger partial charge in [-0.05, 0) is 41.6 Å². The van der Waals surface area contributed by atoms with E-state index in [0.29, 0.717) is 17.4 Å². The Bertz CT molecular complexity index is 760. The Hall–Kier alpha value is -2.47. The van der Waals surface area contributed by atoms with Gasteiger partial charge in [-0.15, -0.1) is 10.2 Å². The molecule has 0 aliphatic carbocycles. The topological polar surface area (TPSA) is 52.8 Å². The number of tetrazole rings is 1. The van der Waals surface area contributed by atoms with Gasteiger partial charge in [-0.2, -0.15) is 4.80 Å². The Kier molecular flexibility index (Phi) is 4.29. The van der Waals surface area contributed by atoms with Crippen molar-refractivity contribution in [1.82, 2.24) is 20.2 Å². The molecule has 1 aromatic heterocycles. The van der Waals surface area contributed by atoms with E-state index in [1.54, 1.807) is 30.3 Å². The first kappa shape index (κ1) is 14.5. The van der Waals surface area contributed by atoms with Crippen LogP contribution in [0, 0.1) is 5.82 Å². The van der Waals surface area contributed by atoms with E-state index >= 15 is 0 Å². The summed E-state index contributed by atoms with van der Waals surface area (Å²) in [4.78, 5) is 1.41. The molecule has 22 heavy (non-hydrogen) atoms. The summed E-state index contributed by atoms with van der Waals surface area (Å²) in [7, 11) is 0. The summed E-state index contributed by atoms with van der Waals surface area (Å²) in [6.07, 6.45) is 0. The van der Waals surface area contributed by atoms with Crippen molar-refractivity contribution in [3.05, 3.63) is 59.4 Å². The zero-order valence-corrected chi connectivity index (χ0v) is 12.2. The predicted molar refractivity (Wildman–Crippen MR) is 80.2 cm³/mol. The van der Waals surface area contributed by atoms with Crippen LogP contribution in [0.15, 0.2) is 48.5 Å². The lowest BCUT2D eigenvalue weighted by molar-refractivity contribution is 0.268. The third-order valence-electron chi connectivity index (χ3n) is 2.94. The maximum atomic E-state index is 13.4. The van der Waals surface area contributed by atoms with E-state index in [1.807, 2.05) is 12.1 Å². The summed E-state index contributed by atoms with van der Waals surface area (Å²) in [6.45, 7) is 0.617. The van der Waals surface area contributed by atoms with Crippen LogP contribution in [0.25, 0.3) is 11.4 Å². The van der Waals surface area contributed by atoms with Crippen LogP contribution >= 0.6 is 11.6 Å². The second kappa shape index (κ2) is 6.53. The van der Waals surface area contributed by atoms with Crippen LogP contribution in [0.1, 0.15) is 0 Å². The first-order valence-corrected chi connectivity index (χ1v) is 7.01. The first-order chi connectivity index (χ1) is 10.7. The van der Waals surface area contributed by atoms with E-state index in [9.17, 15) is 4.39 Å². The summed E-state index contributed by atoms with van der Waals surface area (Å²) >= 11 is 5.84. The molecule has 7 heteroatoms. The molecule has 0 spiro atoms. The SMILES string of the molecule is Fc1ccccc1OCCn1nnc(-c2ccc(Cl)cc2)n1. The number of aromatic nitrogens is 4. The van der Waals surface area contributed by atoms with E-state index in [-0.39, 0.29) is 12.4 Å². The van der Waals surface area contributed by atoms with Gasteiger partial charge in [0.15, 0.2) is 11.6 Å². The van der Waals surface area contributed by atoms with Gasteiger partial charge < -0.3 is 4.74 Å². The fourth-order valence-corrected chi connectivity index (χ4v) is 1.98. The molecule has 0 radical (unpaired) electrons. The van der Waals surface area contributed by atoms with Crippen molar-refractivity contribution in [3.8, 4) is 17.1 Å². The molecule has 0 aliphatic heterocycles. The summed E-state index contributed by atoms with van der Waals surface area (Å²) in [5.41, 5.74) is 0.825. The molecule has 0 amide bonds. The molecule has 0 bridgehead atoms. The lowest BCUT2D eigenvalue weighted by atomic mass is 10.2. The molecule has 0 unspecified atom stereocenters. The Morgan fingerprint density at radius 3 is 2.64 bits per heavy atom. The van der Waals surface area contributed by atoms with Gasteiger partial charge in [-0.1, -0.05) is 23.7 Å². The first-order valence-electron chi connectivity index (χ1n) is 6.63. The average molecular weight is 319 g/mol. The zero-order chi connectivity index (χ0) is 15.4. The minimum absolute atomic E-state index is 0.209. The molecule has 0 N–H and O–H groups in total. The van der Waals surface area contributed by atoms with Crippen molar-refractivity contribution in [2.75, 3.05) is 6.61 Å². The van der Waals surface area contributed by atoms with Gasteiger partial charge in [-0.3, -0.25) is 0 Å². The maximum absolute atomic E-state index is 13.4. The largest absolute Gasteiger partial charge is 0.489 e. The number of ether oxygens (including phenoxy) is 1. The van der Waals surface area contributed by atoms with Gasteiger partial charge in [0.1, 0.15) is 6.61 Å². The Labute approximate surface area is 131 Å². The monoisotopic (exact) mass is 318 g/mol. The maximum Gasteiger partial charge on any atom is 0.204 e. The van der Waals surface area contributed by atoms with Gasteiger partial charge >= 0.3 is 0 Å². The molecule has 0 fully saturated rings. The minimum atomic E-state index is -0.393. The van der Waals surface area contributed by atoms with E-state index < -0.39 is 5.82 Å². The van der Waals surface area contributed by atoms with Crippen LogP contribution in [0.2, 0.25) is 5.02 Å². The Morgan fingerprint density at radius 1 is 1.09 bits per heavy atom. The number of halogens is 2. The highest BCUT2D eigenvalue weighted by atomic mass is 35.5. The highest BCUT2D eigenvalue weighted by molar-refractivity contribution is 6.30. The molecule has 5 nitrogen and oxygen atoms in total. The van der Waals surface area contributed by atoms with Crippen molar-refractivity contribution in [2.24, 2.45) is 0 Å². The van der Waals surface area contributed by atoms with E-state index in [4.69, 9.17) is 16.3 Å². The van der Waals surface area contributed by atoms with Gasteiger partial charge in [0.2, 0.25) is 5.82 Å². The molecule has 0 saturated heterocycles. The summed E-state index contributed by atoms with van der Waals surface area (Å²) in [6, 6.07) is 13.4. The fourth-order valence-electron chi connectivity index (χ4n) is 1.85. The van der Waals surface area contributed by atoms with Crippen molar-refractivity contribution in [1.29, 1.82) is 0 Å². The number of hydrogen-bond acceptors (Lipinski definition) is 4. The van der Waals surface area contributed by atoms with E-state index in [0.717, 1.165) is 5.56 Å². The standard InChI is InChI=1S/C15H12ClFN4O/c16-12-7-5-11(6-8-12)15-18-20-21(19-15)9-10-22-14-4-2-1-3-13(14)17/h1-8H,9-10H2. The second-order valence-corrected chi connectivity index (χ2v) is 4.93. The molecule has 112 valence electrons. The van der Waals surface area contributed by atoms with Crippen LogP contribution < -0.4 is 4.74 Å². The van der Waals surface area contributed by atoms with Crippen LogP contribution in [-0.2, 0) is 6.54 Å². The molecule has 1 heterocycles. The van der Waals surface area contributed by atoms with Gasteiger partial charge in [0.05, 0.1) is 6.54 Å². The van der Waals surface area contributed by atoms with Gasteiger partial charge in [-0.25, -0.2) is 4.39 Å². The zero-order valence-electron chi connectivity index (χ0n) is 11.5. The molecular formula is C15H12ClFN4O. The second-order valence-electron chi connectivity index (χ2n) is 4.49. The lowest BCUT2D eigenvalue weighted by Gasteiger charge is -2.05. The molecule has 0 saturated carbocycles. The van der Waals surface area contributed by atoms with Crippen molar-refractivity contribution in [2.45, 2.75) is 6.54 Å². The Balaban J connectivity index is 1.60. The van der Waals surface area contributed by atoms with Crippen LogP contribution in [0.4, 0.5) is 4.39 Å². The number of hydrogen-bond donors (Lipinski definition) is 0. The number of para-hydroxylation sites is 1. The quantitative estimate of drug-likeness (QED) is 0.725. The highest BCUT2D eigenvalue weighted by Crippen LogP contribution is 2.17. The smallest absolute Gasteiger partial charge is 0.204 e. The van der Waals surface area contributed by atoms with Crippen LogP contribution in [-0.4, -0.2) is 26.8 Å². The predicted octanol–water partition coefficient (Wildman–Crippen LogP) is 3.21. The molecule has 0 aliphatic rings. The van der Waals surface area contributed by atoms with Gasteiger partial charge in [0.25, 0.3) is 0 Å². The number of rotatable bonds is 5. The van der Waals surface area contributed by atoms with Crippen molar-refractivity contribution < 1.29 is 9.13 Å². The summed E-state index contributed by atoms with van der Waals surface area (Å²) in [5, 5.41) is 12.8. The van der Waals surface area contributed by atoms with E-state index in [1.165, 1.54) is 10.9 Å². The third kappa shape index (κ3) is 3.40. The van der Waals surface area contributed by atoms with Crippen LogP contribution in [0.5, 0.6) is 5.75 Å². The normalized spacial score (nSPS) is 10.6. The number of nitrogens with zero attached hydrogens (tertiary/aromatic N) is 4. The minimum Gasteiger partial charge on any atom is -0.489 e. The number of benzene rings is 2.